The second-order valence-electron chi connectivity index (χ2n) is 8.38. The molecule has 0 aliphatic heterocycles. The van der Waals surface area contributed by atoms with E-state index in [4.69, 9.17) is 0 Å². The summed E-state index contributed by atoms with van der Waals surface area (Å²) in [7, 11) is 0.740. The van der Waals surface area contributed by atoms with Gasteiger partial charge in [-0.2, -0.15) is 0 Å². The summed E-state index contributed by atoms with van der Waals surface area (Å²) >= 11 is -0.858. The van der Waals surface area contributed by atoms with E-state index >= 15 is 0 Å². The van der Waals surface area contributed by atoms with Crippen LogP contribution < -0.4 is 18.0 Å². The van der Waals surface area contributed by atoms with Crippen LogP contribution in [0.25, 0.3) is 16.4 Å². The summed E-state index contributed by atoms with van der Waals surface area (Å²) in [5, 5.41) is 3.03. The summed E-state index contributed by atoms with van der Waals surface area (Å²) in [6.07, 6.45) is 1.11. The average molecular weight is 532 g/mol. The van der Waals surface area contributed by atoms with Crippen molar-refractivity contribution in [3.8, 4) is 11.1 Å². The van der Waals surface area contributed by atoms with E-state index in [9.17, 15) is 0 Å². The summed E-state index contributed by atoms with van der Waals surface area (Å²) in [6, 6.07) is 36.2. The fourth-order valence-corrected chi connectivity index (χ4v) is 10.8. The van der Waals surface area contributed by atoms with E-state index in [1.165, 1.54) is 27.6 Å². The Balaban J connectivity index is 0.00000130. The smallest absolute Gasteiger partial charge is 1.00 e. The van der Waals surface area contributed by atoms with Crippen LogP contribution in [0.15, 0.2) is 103 Å². The minimum absolute atomic E-state index is 0. The summed E-state index contributed by atoms with van der Waals surface area (Å²) in [4.78, 5) is 0. The van der Waals surface area contributed by atoms with Crippen molar-refractivity contribution in [2.75, 3.05) is 0 Å². The molecular formula is C29H23F2PZr. The normalized spacial score (nSPS) is 15.4. The fourth-order valence-electron chi connectivity index (χ4n) is 5.03. The van der Waals surface area contributed by atoms with Crippen LogP contribution in [0.5, 0.6) is 0 Å². The molecular weight excluding hydrogens is 509 g/mol. The standard InChI is InChI=1S/C16H14P.C13H9.2FH.Zr/c1-12-11-13-7-5-6-10-15(13)16(12)17-14-8-3-2-4-9-14;1-3-7-12-10(5-1)9-11-6-2-4-8-13(11)12;;;/h2-11,17H,1H3;1-5,7-8H,9H2;2*1H;/q;;;;+2/p-2. The largest absolute Gasteiger partial charge is 1.00 e. The van der Waals surface area contributed by atoms with Crippen LogP contribution in [0.4, 0.5) is 0 Å². The van der Waals surface area contributed by atoms with E-state index in [-0.39, 0.29) is 9.41 Å². The Kier molecular flexibility index (Phi) is 7.23. The van der Waals surface area contributed by atoms with Crippen LogP contribution in [0.1, 0.15) is 32.8 Å². The molecule has 0 nitrogen and oxygen atoms in total. The zero-order chi connectivity index (χ0) is 20.8. The van der Waals surface area contributed by atoms with Crippen LogP contribution in [0.2, 0.25) is 0 Å². The summed E-state index contributed by atoms with van der Waals surface area (Å²) in [5.74, 6) is 0. The second kappa shape index (κ2) is 9.96. The number of hydrogen-bond donors (Lipinski definition) is 0. The maximum atomic E-state index is 2.43. The summed E-state index contributed by atoms with van der Waals surface area (Å²) < 4.78 is 2.32. The van der Waals surface area contributed by atoms with Crippen molar-refractivity contribution in [2.24, 2.45) is 0 Å². The molecule has 0 saturated heterocycles. The molecule has 0 spiro atoms. The van der Waals surface area contributed by atoms with E-state index in [1.54, 1.807) is 25.3 Å². The van der Waals surface area contributed by atoms with Gasteiger partial charge < -0.3 is 9.41 Å². The fraction of sp³-hybridized carbons (Fsp3) is 0.103. The molecule has 4 heteroatoms. The van der Waals surface area contributed by atoms with Crippen molar-refractivity contribution < 1.29 is 32.6 Å². The monoisotopic (exact) mass is 530 g/mol. The van der Waals surface area contributed by atoms with E-state index in [2.05, 4.69) is 104 Å². The van der Waals surface area contributed by atoms with Crippen LogP contribution in [-0.4, -0.2) is 0 Å². The third-order valence-corrected chi connectivity index (χ3v) is 12.6. The number of benzene rings is 4. The van der Waals surface area contributed by atoms with E-state index < -0.39 is 23.2 Å². The van der Waals surface area contributed by atoms with Gasteiger partial charge in [0.1, 0.15) is 0 Å². The number of allylic oxidation sites excluding steroid dienone is 1. The number of halogens is 2. The molecule has 0 heterocycles. The molecule has 0 radical (unpaired) electrons. The number of rotatable bonds is 4. The third-order valence-electron chi connectivity index (χ3n) is 6.56. The Hall–Kier alpha value is -2.21. The first-order valence-corrected chi connectivity index (χ1v) is 14.5. The van der Waals surface area contributed by atoms with Gasteiger partial charge in [-0.1, -0.05) is 0 Å². The molecule has 4 aromatic carbocycles. The van der Waals surface area contributed by atoms with Crippen LogP contribution in [0.3, 0.4) is 0 Å². The summed E-state index contributed by atoms with van der Waals surface area (Å²) in [6.45, 7) is 2.41. The first-order valence-electron chi connectivity index (χ1n) is 10.9. The van der Waals surface area contributed by atoms with Gasteiger partial charge in [-0.25, -0.2) is 0 Å². The van der Waals surface area contributed by atoms with Crippen LogP contribution >= 0.6 is 8.58 Å². The predicted molar refractivity (Wildman–Crippen MR) is 130 cm³/mol. The second-order valence-corrected chi connectivity index (χ2v) is 13.2. The minimum atomic E-state index is -0.858. The van der Waals surface area contributed by atoms with Gasteiger partial charge in [0.25, 0.3) is 0 Å². The van der Waals surface area contributed by atoms with Crippen molar-refractivity contribution in [1.29, 1.82) is 0 Å². The molecule has 2 unspecified atom stereocenters. The molecule has 4 aromatic rings. The quantitative estimate of drug-likeness (QED) is 0.296. The van der Waals surface area contributed by atoms with Crippen molar-refractivity contribution in [3.63, 3.8) is 0 Å². The zero-order valence-corrected chi connectivity index (χ0v) is 21.7. The Morgan fingerprint density at radius 2 is 1.36 bits per heavy atom. The van der Waals surface area contributed by atoms with Gasteiger partial charge in [0.05, 0.1) is 0 Å². The summed E-state index contributed by atoms with van der Waals surface area (Å²) in [5.41, 5.74) is 10.7. The van der Waals surface area contributed by atoms with Gasteiger partial charge in [0, 0.05) is 0 Å². The molecule has 2 aliphatic carbocycles. The maximum absolute atomic E-state index is 2.43. The maximum Gasteiger partial charge on any atom is -1.00 e. The van der Waals surface area contributed by atoms with E-state index in [0.29, 0.717) is 3.63 Å². The van der Waals surface area contributed by atoms with Gasteiger partial charge in [0.2, 0.25) is 0 Å². The van der Waals surface area contributed by atoms with Gasteiger partial charge in [0.15, 0.2) is 0 Å². The topological polar surface area (TPSA) is 0 Å². The molecule has 0 N–H and O–H groups in total. The molecule has 0 fully saturated rings. The van der Waals surface area contributed by atoms with Crippen molar-refractivity contribution in [2.45, 2.75) is 17.0 Å². The molecule has 0 amide bonds. The molecule has 0 bridgehead atoms. The van der Waals surface area contributed by atoms with Gasteiger partial charge in [-0.05, 0) is 0 Å². The zero-order valence-electron chi connectivity index (χ0n) is 18.3. The third kappa shape index (κ3) is 4.23. The minimum Gasteiger partial charge on any atom is -1.00 e. The van der Waals surface area contributed by atoms with Crippen molar-refractivity contribution in [1.82, 2.24) is 0 Å². The van der Waals surface area contributed by atoms with Gasteiger partial charge >= 0.3 is 199 Å². The Bertz CT molecular complexity index is 1330. The first-order chi connectivity index (χ1) is 15.3. The molecule has 162 valence electrons. The molecule has 6 rings (SSSR count). The first kappa shape index (κ1) is 23.9. The molecule has 33 heavy (non-hydrogen) atoms. The molecule has 2 atom stereocenters. The van der Waals surface area contributed by atoms with Crippen molar-refractivity contribution >= 4 is 22.5 Å². The van der Waals surface area contributed by atoms with Crippen molar-refractivity contribution in [3.05, 3.63) is 125 Å². The molecule has 2 aliphatic rings. The molecule has 0 saturated carbocycles. The van der Waals surface area contributed by atoms with Gasteiger partial charge in [-0.15, -0.1) is 0 Å². The van der Waals surface area contributed by atoms with Gasteiger partial charge in [-0.3, -0.25) is 0 Å². The van der Waals surface area contributed by atoms with Crippen LogP contribution in [0, 0.1) is 0 Å². The Morgan fingerprint density at radius 1 is 0.697 bits per heavy atom. The predicted octanol–water partition coefficient (Wildman–Crippen LogP) is 0.464. The van der Waals surface area contributed by atoms with E-state index in [0.717, 1.165) is 15.0 Å². The van der Waals surface area contributed by atoms with Crippen LogP contribution in [-0.2, 0) is 29.7 Å². The molecule has 0 aromatic heterocycles. The SMILES string of the molecule is CC1=C(Pc2ccccc2)c2ccccc2[CH]1[Zr+2][c]1cccc2c1Cc1ccccc1-2.[F-].[F-]. The number of hydrogen-bond acceptors (Lipinski definition) is 0. The van der Waals surface area contributed by atoms with E-state index in [1.807, 2.05) is 0 Å². The number of fused-ring (bicyclic) bond motifs is 4. The Morgan fingerprint density at radius 3 is 2.18 bits per heavy atom. The Labute approximate surface area is 207 Å². The average Bonchev–Trinajstić information content (AvgIpc) is 3.32.